The van der Waals surface area contributed by atoms with Crippen LogP contribution in [0, 0.1) is 0 Å². The Morgan fingerprint density at radius 2 is 2.00 bits per heavy atom. The van der Waals surface area contributed by atoms with Crippen LogP contribution in [0.1, 0.15) is 53.7 Å². The lowest BCUT2D eigenvalue weighted by molar-refractivity contribution is -0.195. The number of esters is 1. The molecule has 0 aromatic carbocycles. The van der Waals surface area contributed by atoms with E-state index < -0.39 is 17.6 Å². The molecule has 0 amide bonds. The number of hydrogen-bond donors (Lipinski definition) is 2. The van der Waals surface area contributed by atoms with Crippen molar-refractivity contribution in [3.8, 4) is 0 Å². The van der Waals surface area contributed by atoms with Gasteiger partial charge in [0.05, 0.1) is 6.33 Å². The van der Waals surface area contributed by atoms with Crippen molar-refractivity contribution in [2.24, 2.45) is 0 Å². The lowest BCUT2D eigenvalue weighted by Gasteiger charge is -2.25. The number of fused-ring (bicyclic) bond motifs is 2. The van der Waals surface area contributed by atoms with Crippen LogP contribution in [0.3, 0.4) is 0 Å². The van der Waals surface area contributed by atoms with Crippen LogP contribution in [0.15, 0.2) is 12.7 Å². The van der Waals surface area contributed by atoms with E-state index in [0.29, 0.717) is 42.9 Å². The highest BCUT2D eigenvalue weighted by molar-refractivity contribution is 5.81. The van der Waals surface area contributed by atoms with Crippen molar-refractivity contribution < 1.29 is 23.7 Å². The summed E-state index contributed by atoms with van der Waals surface area (Å²) >= 11 is 0. The minimum Gasteiger partial charge on any atom is -0.460 e. The molecule has 32 heavy (non-hydrogen) atoms. The van der Waals surface area contributed by atoms with E-state index in [2.05, 4.69) is 20.3 Å². The Hall–Kier alpha value is -2.34. The normalized spacial score (nSPS) is 27.0. The topological polar surface area (TPSA) is 136 Å². The summed E-state index contributed by atoms with van der Waals surface area (Å²) in [7, 11) is 0. The lowest BCUT2D eigenvalue weighted by atomic mass is 10.1. The SMILES string of the molecule is CC(C)(C)OC(=O)CCCNC[C@H]1O[C@@H](n2cnc3c(N)ncnc32)[C@@H]2OC(C)(C)O[C@@H]21. The monoisotopic (exact) mass is 448 g/mol. The Morgan fingerprint density at radius 3 is 2.75 bits per heavy atom. The minimum atomic E-state index is -0.725. The maximum atomic E-state index is 11.9. The molecule has 3 N–H and O–H groups in total. The van der Waals surface area contributed by atoms with Gasteiger partial charge in [-0.3, -0.25) is 9.36 Å². The van der Waals surface area contributed by atoms with E-state index in [9.17, 15) is 4.79 Å². The van der Waals surface area contributed by atoms with E-state index in [-0.39, 0.29) is 24.3 Å². The molecule has 0 spiro atoms. The molecule has 4 atom stereocenters. The van der Waals surface area contributed by atoms with Crippen LogP contribution in [0.4, 0.5) is 5.82 Å². The zero-order valence-corrected chi connectivity index (χ0v) is 19.2. The van der Waals surface area contributed by atoms with Crippen LogP contribution >= 0.6 is 0 Å². The Kier molecular flexibility index (Phi) is 6.10. The Balaban J connectivity index is 1.38. The van der Waals surface area contributed by atoms with Gasteiger partial charge in [0.2, 0.25) is 0 Å². The Morgan fingerprint density at radius 1 is 1.25 bits per heavy atom. The highest BCUT2D eigenvalue weighted by Gasteiger charge is 2.55. The third-order valence-electron chi connectivity index (χ3n) is 5.29. The zero-order chi connectivity index (χ0) is 23.1. The number of nitrogens with one attached hydrogen (secondary N) is 1. The molecule has 2 saturated heterocycles. The molecule has 2 aliphatic heterocycles. The second-order valence-electron chi connectivity index (χ2n) is 9.61. The Labute approximate surface area is 187 Å². The number of nitrogen functional groups attached to an aromatic ring is 1. The van der Waals surface area contributed by atoms with E-state index in [1.54, 1.807) is 6.33 Å². The number of rotatable bonds is 7. The van der Waals surface area contributed by atoms with E-state index >= 15 is 0 Å². The van der Waals surface area contributed by atoms with E-state index in [0.717, 1.165) is 0 Å². The first-order valence-electron chi connectivity index (χ1n) is 10.9. The van der Waals surface area contributed by atoms with Crippen LogP contribution in [0.5, 0.6) is 0 Å². The summed E-state index contributed by atoms with van der Waals surface area (Å²) in [4.78, 5) is 24.5. The summed E-state index contributed by atoms with van der Waals surface area (Å²) in [5.41, 5.74) is 6.57. The van der Waals surface area contributed by atoms with Gasteiger partial charge in [-0.05, 0) is 47.6 Å². The number of carbonyl (C=O) groups excluding carboxylic acids is 1. The molecule has 0 unspecified atom stereocenters. The average Bonchev–Trinajstić information content (AvgIpc) is 3.32. The largest absolute Gasteiger partial charge is 0.460 e. The third kappa shape index (κ3) is 4.85. The molecule has 0 bridgehead atoms. The van der Waals surface area contributed by atoms with Crippen molar-refractivity contribution in [2.45, 2.75) is 83.4 Å². The third-order valence-corrected chi connectivity index (χ3v) is 5.29. The molecular weight excluding hydrogens is 416 g/mol. The summed E-state index contributed by atoms with van der Waals surface area (Å²) in [6, 6.07) is 0. The minimum absolute atomic E-state index is 0.195. The maximum absolute atomic E-state index is 11.9. The summed E-state index contributed by atoms with van der Waals surface area (Å²) in [6.45, 7) is 10.6. The van der Waals surface area contributed by atoms with Crippen LogP contribution in [0.25, 0.3) is 11.2 Å². The fourth-order valence-corrected chi connectivity index (χ4v) is 4.10. The first-order valence-corrected chi connectivity index (χ1v) is 10.9. The number of imidazole rings is 1. The van der Waals surface area contributed by atoms with Gasteiger partial charge in [-0.15, -0.1) is 0 Å². The molecule has 11 heteroatoms. The van der Waals surface area contributed by atoms with Gasteiger partial charge in [-0.25, -0.2) is 15.0 Å². The van der Waals surface area contributed by atoms with Gasteiger partial charge in [0.1, 0.15) is 35.8 Å². The number of nitrogens with two attached hydrogens (primary N) is 1. The fourth-order valence-electron chi connectivity index (χ4n) is 4.10. The first kappa shape index (κ1) is 22.8. The van der Waals surface area contributed by atoms with Crippen LogP contribution in [-0.4, -0.2) is 68.3 Å². The summed E-state index contributed by atoms with van der Waals surface area (Å²) in [5.74, 6) is -0.606. The second-order valence-corrected chi connectivity index (χ2v) is 9.61. The van der Waals surface area contributed by atoms with Crippen molar-refractivity contribution >= 4 is 23.0 Å². The summed E-state index contributed by atoms with van der Waals surface area (Å²) in [6.07, 6.45) is 2.78. The number of carbonyl (C=O) groups is 1. The van der Waals surface area contributed by atoms with E-state index in [1.807, 2.05) is 39.2 Å². The molecule has 0 radical (unpaired) electrons. The van der Waals surface area contributed by atoms with Gasteiger partial charge in [0.15, 0.2) is 23.5 Å². The number of nitrogens with zero attached hydrogens (tertiary/aromatic N) is 4. The molecule has 0 aliphatic carbocycles. The van der Waals surface area contributed by atoms with Crippen molar-refractivity contribution in [1.82, 2.24) is 24.8 Å². The predicted molar refractivity (Wildman–Crippen MR) is 115 cm³/mol. The van der Waals surface area contributed by atoms with E-state index in [1.165, 1.54) is 6.33 Å². The fraction of sp³-hybridized carbons (Fsp3) is 0.714. The summed E-state index contributed by atoms with van der Waals surface area (Å²) in [5, 5.41) is 3.36. The van der Waals surface area contributed by atoms with Crippen molar-refractivity contribution in [3.63, 3.8) is 0 Å². The maximum Gasteiger partial charge on any atom is 0.306 e. The Bertz CT molecular complexity index is 971. The van der Waals surface area contributed by atoms with Crippen LogP contribution in [-0.2, 0) is 23.7 Å². The van der Waals surface area contributed by atoms with Crippen LogP contribution < -0.4 is 11.1 Å². The predicted octanol–water partition coefficient (Wildman–Crippen LogP) is 1.54. The van der Waals surface area contributed by atoms with Gasteiger partial charge < -0.3 is 30.0 Å². The summed E-state index contributed by atoms with van der Waals surface area (Å²) < 4.78 is 25.8. The van der Waals surface area contributed by atoms with Crippen LogP contribution in [0.2, 0.25) is 0 Å². The van der Waals surface area contributed by atoms with Gasteiger partial charge >= 0.3 is 5.97 Å². The van der Waals surface area contributed by atoms with Gasteiger partial charge in [-0.2, -0.15) is 0 Å². The molecule has 2 aliphatic rings. The molecule has 176 valence electrons. The number of ether oxygens (including phenoxy) is 4. The molecule has 4 rings (SSSR count). The van der Waals surface area contributed by atoms with Gasteiger partial charge in [-0.1, -0.05) is 0 Å². The average molecular weight is 449 g/mol. The highest BCUT2D eigenvalue weighted by Crippen LogP contribution is 2.43. The van der Waals surface area contributed by atoms with E-state index in [4.69, 9.17) is 24.7 Å². The number of anilines is 1. The standard InChI is InChI=1S/C21H32N6O5/c1-20(2,3)30-13(28)7-6-8-23-9-12-15-16(32-21(4,5)31-15)19(29-12)27-11-26-14-17(22)24-10-25-18(14)27/h10-12,15-16,19,23H,6-9H2,1-5H3,(H2,22,24,25)/t12-,15-,16-,19-/m1/s1. The van der Waals surface area contributed by atoms with Crippen molar-refractivity contribution in [1.29, 1.82) is 0 Å². The van der Waals surface area contributed by atoms with Gasteiger partial charge in [0.25, 0.3) is 0 Å². The molecular formula is C21H32N6O5. The quantitative estimate of drug-likeness (QED) is 0.474. The lowest BCUT2D eigenvalue weighted by Crippen LogP contribution is -2.38. The first-order chi connectivity index (χ1) is 15.0. The molecule has 4 heterocycles. The van der Waals surface area contributed by atoms with Gasteiger partial charge in [0, 0.05) is 13.0 Å². The molecule has 2 fully saturated rings. The molecule has 2 aromatic heterocycles. The zero-order valence-electron chi connectivity index (χ0n) is 19.2. The van der Waals surface area contributed by atoms with Crippen molar-refractivity contribution in [2.75, 3.05) is 18.8 Å². The highest BCUT2D eigenvalue weighted by atomic mass is 16.8. The molecule has 0 saturated carbocycles. The number of aromatic nitrogens is 4. The second kappa shape index (κ2) is 8.54. The smallest absolute Gasteiger partial charge is 0.306 e. The van der Waals surface area contributed by atoms with Crippen molar-refractivity contribution in [3.05, 3.63) is 12.7 Å². The molecule has 11 nitrogen and oxygen atoms in total. The number of hydrogen-bond acceptors (Lipinski definition) is 10. The molecule has 2 aromatic rings.